The predicted octanol–water partition coefficient (Wildman–Crippen LogP) is -1.62. The molecule has 1 unspecified atom stereocenters. The number of carboxylic acid groups (broad SMARTS) is 1. The summed E-state index contributed by atoms with van der Waals surface area (Å²) in [5.74, 6) is -1.64. The number of piperidine rings is 1. The molecule has 2 heterocycles. The second-order valence-corrected chi connectivity index (χ2v) is 10.0. The highest BCUT2D eigenvalue weighted by Crippen LogP contribution is 2.31. The summed E-state index contributed by atoms with van der Waals surface area (Å²) in [7, 11) is -3.62. The largest absolute Gasteiger partial charge is 0.550 e. The van der Waals surface area contributed by atoms with Gasteiger partial charge in [-0.3, -0.25) is 4.79 Å². The summed E-state index contributed by atoms with van der Waals surface area (Å²) in [6.45, 7) is 2.12. The van der Waals surface area contributed by atoms with Crippen LogP contribution in [0, 0.1) is 11.8 Å². The van der Waals surface area contributed by atoms with E-state index in [1.165, 1.54) is 4.31 Å². The number of likely N-dealkylation sites (tertiary alicyclic amines) is 1. The van der Waals surface area contributed by atoms with Gasteiger partial charge in [0.25, 0.3) is 5.91 Å². The van der Waals surface area contributed by atoms with Crippen molar-refractivity contribution in [1.29, 1.82) is 0 Å². The first-order chi connectivity index (χ1) is 13.8. The van der Waals surface area contributed by atoms with E-state index in [4.69, 9.17) is 5.73 Å². The molecule has 29 heavy (non-hydrogen) atoms. The van der Waals surface area contributed by atoms with Gasteiger partial charge >= 0.3 is 0 Å². The quantitative estimate of drug-likeness (QED) is 0.520. The van der Waals surface area contributed by atoms with Crippen LogP contribution in [0.4, 0.5) is 0 Å². The van der Waals surface area contributed by atoms with Gasteiger partial charge in [0.2, 0.25) is 10.0 Å². The number of hydrogen-bond acceptors (Lipinski definition) is 5. The minimum absolute atomic E-state index is 0.0710. The van der Waals surface area contributed by atoms with E-state index in [0.717, 1.165) is 24.3 Å². The third-order valence-electron chi connectivity index (χ3n) is 6.33. The Morgan fingerprint density at radius 2 is 1.90 bits per heavy atom. The molecule has 2 saturated heterocycles. The second-order valence-electron chi connectivity index (χ2n) is 8.11. The Morgan fingerprint density at radius 1 is 1.17 bits per heavy atom. The second kappa shape index (κ2) is 9.23. The van der Waals surface area contributed by atoms with Crippen LogP contribution >= 0.6 is 0 Å². The lowest BCUT2D eigenvalue weighted by Crippen LogP contribution is -3.15. The van der Waals surface area contributed by atoms with Crippen molar-refractivity contribution >= 4 is 21.9 Å². The van der Waals surface area contributed by atoms with Crippen molar-refractivity contribution in [1.82, 2.24) is 4.31 Å². The molecule has 0 saturated carbocycles. The molecule has 0 radical (unpaired) electrons. The molecule has 3 N–H and O–H groups in total. The zero-order valence-electron chi connectivity index (χ0n) is 16.5. The van der Waals surface area contributed by atoms with Crippen LogP contribution in [0.5, 0.6) is 0 Å². The van der Waals surface area contributed by atoms with Crippen molar-refractivity contribution < 1.29 is 28.0 Å². The molecule has 2 aliphatic rings. The minimum Gasteiger partial charge on any atom is -0.550 e. The van der Waals surface area contributed by atoms with Crippen molar-refractivity contribution in [2.45, 2.75) is 43.0 Å². The lowest BCUT2D eigenvalue weighted by Gasteiger charge is -2.38. The number of nitrogens with one attached hydrogen (secondary N) is 1. The Labute approximate surface area is 171 Å². The van der Waals surface area contributed by atoms with Gasteiger partial charge in [-0.05, 0) is 36.8 Å². The van der Waals surface area contributed by atoms with E-state index < -0.39 is 16.0 Å². The van der Waals surface area contributed by atoms with E-state index in [0.29, 0.717) is 25.9 Å². The van der Waals surface area contributed by atoms with Crippen LogP contribution in [-0.2, 0) is 19.6 Å². The van der Waals surface area contributed by atoms with Crippen molar-refractivity contribution in [2.75, 3.05) is 26.2 Å². The van der Waals surface area contributed by atoms with Gasteiger partial charge in [-0.1, -0.05) is 18.2 Å². The normalized spacial score (nSPS) is 28.3. The van der Waals surface area contributed by atoms with E-state index in [2.05, 4.69) is 0 Å². The number of sulfonamides is 1. The number of nitrogens with zero attached hydrogens (tertiary/aromatic N) is 1. The highest BCUT2D eigenvalue weighted by Gasteiger charge is 2.38. The minimum atomic E-state index is -3.62. The number of rotatable bonds is 8. The third-order valence-corrected chi connectivity index (χ3v) is 8.21. The van der Waals surface area contributed by atoms with Gasteiger partial charge in [0, 0.05) is 38.3 Å². The van der Waals surface area contributed by atoms with E-state index in [-0.39, 0.29) is 41.6 Å². The lowest BCUT2D eigenvalue weighted by molar-refractivity contribution is -0.903. The molecule has 2 fully saturated rings. The molecular formula is C20H29N3O5S. The summed E-state index contributed by atoms with van der Waals surface area (Å²) in [6.07, 6.45) is 2.77. The van der Waals surface area contributed by atoms with Crippen LogP contribution in [0.1, 0.15) is 32.1 Å². The number of hydrogen-bond donors (Lipinski definition) is 2. The highest BCUT2D eigenvalue weighted by atomic mass is 32.2. The summed E-state index contributed by atoms with van der Waals surface area (Å²) < 4.78 is 27.5. The third kappa shape index (κ3) is 5.15. The Morgan fingerprint density at radius 3 is 2.55 bits per heavy atom. The number of carboxylic acids is 1. The Hall–Kier alpha value is -1.97. The van der Waals surface area contributed by atoms with Gasteiger partial charge in [0.05, 0.1) is 18.0 Å². The molecule has 4 atom stereocenters. The van der Waals surface area contributed by atoms with Crippen molar-refractivity contribution in [3.63, 3.8) is 0 Å². The van der Waals surface area contributed by atoms with Crippen LogP contribution in [0.2, 0.25) is 0 Å². The summed E-state index contributed by atoms with van der Waals surface area (Å²) in [5, 5.41) is 11.2. The number of benzene rings is 1. The number of quaternary nitrogens is 1. The topological polar surface area (TPSA) is 125 Å². The first-order valence-corrected chi connectivity index (χ1v) is 11.6. The molecule has 3 rings (SSSR count). The fourth-order valence-electron chi connectivity index (χ4n) is 4.74. The Balaban J connectivity index is 1.72. The van der Waals surface area contributed by atoms with E-state index >= 15 is 0 Å². The molecule has 2 aliphatic heterocycles. The monoisotopic (exact) mass is 423 g/mol. The molecular weight excluding hydrogens is 394 g/mol. The predicted molar refractivity (Wildman–Crippen MR) is 104 cm³/mol. The van der Waals surface area contributed by atoms with E-state index in [1.54, 1.807) is 30.3 Å². The van der Waals surface area contributed by atoms with Gasteiger partial charge in [-0.25, -0.2) is 8.42 Å². The number of primary amides is 1. The standard InChI is InChI=1S/C20H29N3O5S/c21-20(26)18-7-4-10-22(18)11-8-16-14-23(12-9-15(16)13-19(24)25)29(27,28)17-5-2-1-3-6-17/h1-3,5-6,15-16,18H,4,7-14H2,(H2,21,26)(H,24,25)/t15-,16-,18-/m0/s1. The van der Waals surface area contributed by atoms with Crippen LogP contribution < -0.4 is 15.7 Å². The van der Waals surface area contributed by atoms with Crippen LogP contribution in [-0.4, -0.2) is 56.8 Å². The van der Waals surface area contributed by atoms with Gasteiger partial charge in [-0.2, -0.15) is 4.31 Å². The number of aliphatic carboxylic acids is 1. The Kier molecular flexibility index (Phi) is 6.92. The maximum absolute atomic E-state index is 13.0. The zero-order valence-corrected chi connectivity index (χ0v) is 17.3. The van der Waals surface area contributed by atoms with Gasteiger partial charge in [0.15, 0.2) is 6.04 Å². The van der Waals surface area contributed by atoms with Gasteiger partial charge in [-0.15, -0.1) is 0 Å². The van der Waals surface area contributed by atoms with E-state index in [9.17, 15) is 23.1 Å². The maximum Gasteiger partial charge on any atom is 0.275 e. The van der Waals surface area contributed by atoms with Crippen molar-refractivity contribution in [2.24, 2.45) is 17.6 Å². The SMILES string of the molecule is NC(=O)[C@@H]1CCC[NH+]1CC[C@H]1CN(S(=O)(=O)c2ccccc2)CC[C@H]1CC(=O)[O-]. The maximum atomic E-state index is 13.0. The first-order valence-electron chi connectivity index (χ1n) is 10.2. The fourth-order valence-corrected chi connectivity index (χ4v) is 6.27. The van der Waals surface area contributed by atoms with Gasteiger partial charge < -0.3 is 20.5 Å². The van der Waals surface area contributed by atoms with Crippen molar-refractivity contribution in [3.8, 4) is 0 Å². The lowest BCUT2D eigenvalue weighted by atomic mass is 9.82. The fraction of sp³-hybridized carbons (Fsp3) is 0.600. The molecule has 0 bridgehead atoms. The van der Waals surface area contributed by atoms with Gasteiger partial charge in [0.1, 0.15) is 0 Å². The highest BCUT2D eigenvalue weighted by molar-refractivity contribution is 7.89. The zero-order chi connectivity index (χ0) is 21.0. The molecule has 0 aliphatic carbocycles. The average Bonchev–Trinajstić information content (AvgIpc) is 3.16. The summed E-state index contributed by atoms with van der Waals surface area (Å²) >= 11 is 0. The molecule has 8 nitrogen and oxygen atoms in total. The average molecular weight is 424 g/mol. The van der Waals surface area contributed by atoms with Crippen LogP contribution in [0.15, 0.2) is 35.2 Å². The molecule has 1 aromatic carbocycles. The van der Waals surface area contributed by atoms with Crippen LogP contribution in [0.3, 0.4) is 0 Å². The molecule has 160 valence electrons. The molecule has 1 amide bonds. The first kappa shape index (κ1) is 21.7. The Bertz CT molecular complexity index is 830. The summed E-state index contributed by atoms with van der Waals surface area (Å²) in [5.41, 5.74) is 5.50. The molecule has 1 aromatic rings. The number of amides is 1. The van der Waals surface area contributed by atoms with E-state index in [1.807, 2.05) is 0 Å². The number of carbonyl (C=O) groups excluding carboxylic acids is 2. The smallest absolute Gasteiger partial charge is 0.275 e. The number of carbonyl (C=O) groups is 2. The molecule has 9 heteroatoms. The molecule has 0 aromatic heterocycles. The van der Waals surface area contributed by atoms with Crippen molar-refractivity contribution in [3.05, 3.63) is 30.3 Å². The summed E-state index contributed by atoms with van der Waals surface area (Å²) in [4.78, 5) is 24.2. The van der Waals surface area contributed by atoms with Crippen LogP contribution in [0.25, 0.3) is 0 Å². The molecule has 0 spiro atoms. The summed E-state index contributed by atoms with van der Waals surface area (Å²) in [6, 6.07) is 8.08. The number of nitrogens with two attached hydrogens (primary N) is 1.